The number of aromatic nitrogens is 2. The molecule has 21 heavy (non-hydrogen) atoms. The zero-order valence-corrected chi connectivity index (χ0v) is 13.8. The van der Waals surface area contributed by atoms with Crippen molar-refractivity contribution in [1.29, 1.82) is 0 Å². The van der Waals surface area contributed by atoms with E-state index in [1.54, 1.807) is 10.7 Å². The van der Waals surface area contributed by atoms with Crippen molar-refractivity contribution in [2.75, 3.05) is 6.54 Å². The molecule has 0 amide bonds. The first kappa shape index (κ1) is 16.0. The van der Waals surface area contributed by atoms with E-state index in [-0.39, 0.29) is 18.2 Å². The zero-order valence-electron chi connectivity index (χ0n) is 12.2. The summed E-state index contributed by atoms with van der Waals surface area (Å²) >= 11 is 3.53. The summed E-state index contributed by atoms with van der Waals surface area (Å²) in [7, 11) is 1.85. The topological polar surface area (TPSA) is 53.1 Å². The minimum Gasteiger partial charge on any atom is -0.484 e. The van der Waals surface area contributed by atoms with Gasteiger partial charge in [0.1, 0.15) is 6.61 Å². The van der Waals surface area contributed by atoms with E-state index in [1.165, 1.54) is 6.07 Å². The van der Waals surface area contributed by atoms with Gasteiger partial charge in [0.05, 0.1) is 15.9 Å². The summed E-state index contributed by atoms with van der Waals surface area (Å²) in [5.74, 6) is -0.0935. The first-order valence-corrected chi connectivity index (χ1v) is 7.68. The third-order valence-electron chi connectivity index (χ3n) is 3.32. The molecule has 2 N–H and O–H groups in total. The molecule has 0 saturated carbocycles. The Hall–Kier alpha value is -1.40. The van der Waals surface area contributed by atoms with E-state index < -0.39 is 0 Å². The lowest BCUT2D eigenvalue weighted by Gasteiger charge is -2.12. The molecule has 0 atom stereocenters. The summed E-state index contributed by atoms with van der Waals surface area (Å²) in [6.07, 6.45) is 1.41. The molecular weight excluding hydrogens is 337 g/mol. The van der Waals surface area contributed by atoms with Crippen LogP contribution in [0.4, 0.5) is 4.39 Å². The second-order valence-electron chi connectivity index (χ2n) is 4.74. The Kier molecular flexibility index (Phi) is 5.36. The smallest absolute Gasteiger partial charge is 0.165 e. The predicted octanol–water partition coefficient (Wildman–Crippen LogP) is 2.96. The van der Waals surface area contributed by atoms with Gasteiger partial charge in [0.15, 0.2) is 11.6 Å². The number of hydrogen-bond donors (Lipinski definition) is 1. The molecule has 0 bridgehead atoms. The number of rotatable bonds is 6. The molecule has 1 aromatic carbocycles. The molecule has 0 aliphatic rings. The van der Waals surface area contributed by atoms with Crippen LogP contribution in [0.1, 0.15) is 23.9 Å². The number of hydrogen-bond acceptors (Lipinski definition) is 3. The van der Waals surface area contributed by atoms with Crippen LogP contribution in [0.5, 0.6) is 5.75 Å². The average molecular weight is 356 g/mol. The molecular formula is C15H19BrFN3O. The molecule has 4 nitrogen and oxygen atoms in total. The zero-order chi connectivity index (χ0) is 15.4. The van der Waals surface area contributed by atoms with Crippen LogP contribution in [0.2, 0.25) is 0 Å². The molecule has 0 spiro atoms. The van der Waals surface area contributed by atoms with Gasteiger partial charge in [-0.2, -0.15) is 5.10 Å². The Morgan fingerprint density at radius 3 is 2.81 bits per heavy atom. The normalized spacial score (nSPS) is 10.9. The van der Waals surface area contributed by atoms with E-state index in [0.717, 1.165) is 27.8 Å². The van der Waals surface area contributed by atoms with Crippen molar-refractivity contribution in [3.05, 3.63) is 45.4 Å². The van der Waals surface area contributed by atoms with E-state index >= 15 is 0 Å². The first-order chi connectivity index (χ1) is 10.1. The van der Waals surface area contributed by atoms with Gasteiger partial charge >= 0.3 is 0 Å². The van der Waals surface area contributed by atoms with Gasteiger partial charge in [-0.3, -0.25) is 4.68 Å². The molecule has 0 saturated heterocycles. The van der Waals surface area contributed by atoms with Gasteiger partial charge in [-0.25, -0.2) is 4.39 Å². The number of benzene rings is 1. The standard InChI is InChI=1S/C15H19BrFN3O/c1-3-12-14(16)13(20(2)19-12)9-21-15-10(7-8-18)5-4-6-11(15)17/h4-6H,3,7-9,18H2,1-2H3. The molecule has 114 valence electrons. The Balaban J connectivity index is 2.22. The highest BCUT2D eigenvalue weighted by Gasteiger charge is 2.15. The second kappa shape index (κ2) is 7.04. The fraction of sp³-hybridized carbons (Fsp3) is 0.400. The maximum Gasteiger partial charge on any atom is 0.165 e. The van der Waals surface area contributed by atoms with Gasteiger partial charge in [0, 0.05) is 7.05 Å². The predicted molar refractivity (Wildman–Crippen MR) is 83.8 cm³/mol. The Bertz CT molecular complexity index is 628. The maximum atomic E-state index is 13.9. The Morgan fingerprint density at radius 1 is 1.43 bits per heavy atom. The van der Waals surface area contributed by atoms with Crippen LogP contribution >= 0.6 is 15.9 Å². The summed E-state index contributed by atoms with van der Waals surface area (Å²) in [5, 5.41) is 4.40. The SMILES string of the molecule is CCc1nn(C)c(COc2c(F)cccc2CCN)c1Br. The monoisotopic (exact) mass is 355 g/mol. The number of aryl methyl sites for hydroxylation is 2. The number of ether oxygens (including phenoxy) is 1. The van der Waals surface area contributed by atoms with Gasteiger partial charge in [0.25, 0.3) is 0 Å². The van der Waals surface area contributed by atoms with Crippen molar-refractivity contribution in [3.8, 4) is 5.75 Å². The highest BCUT2D eigenvalue weighted by Crippen LogP contribution is 2.27. The van der Waals surface area contributed by atoms with E-state index in [4.69, 9.17) is 10.5 Å². The molecule has 1 heterocycles. The summed E-state index contributed by atoms with van der Waals surface area (Å²) in [6, 6.07) is 4.90. The fourth-order valence-corrected chi connectivity index (χ4v) is 2.92. The quantitative estimate of drug-likeness (QED) is 0.866. The lowest BCUT2D eigenvalue weighted by atomic mass is 10.1. The van der Waals surface area contributed by atoms with E-state index in [0.29, 0.717) is 13.0 Å². The van der Waals surface area contributed by atoms with Crippen LogP contribution in [0, 0.1) is 5.82 Å². The summed E-state index contributed by atoms with van der Waals surface area (Å²) < 4.78 is 22.3. The fourth-order valence-electron chi connectivity index (χ4n) is 2.18. The van der Waals surface area contributed by atoms with Gasteiger partial charge in [0.2, 0.25) is 0 Å². The lowest BCUT2D eigenvalue weighted by molar-refractivity contribution is 0.276. The van der Waals surface area contributed by atoms with Crippen molar-refractivity contribution in [1.82, 2.24) is 9.78 Å². The van der Waals surface area contributed by atoms with Gasteiger partial charge in [-0.15, -0.1) is 0 Å². The number of halogens is 2. The third-order valence-corrected chi connectivity index (χ3v) is 4.23. The maximum absolute atomic E-state index is 13.9. The van der Waals surface area contributed by atoms with Crippen molar-refractivity contribution in [3.63, 3.8) is 0 Å². The average Bonchev–Trinajstić information content (AvgIpc) is 2.73. The molecule has 2 aromatic rings. The molecule has 6 heteroatoms. The van der Waals surface area contributed by atoms with Crippen molar-refractivity contribution < 1.29 is 9.13 Å². The van der Waals surface area contributed by atoms with Crippen molar-refractivity contribution in [2.45, 2.75) is 26.4 Å². The van der Waals surface area contributed by atoms with Crippen LogP contribution in [0.3, 0.4) is 0 Å². The highest BCUT2D eigenvalue weighted by atomic mass is 79.9. The number of nitrogens with zero attached hydrogens (tertiary/aromatic N) is 2. The van der Waals surface area contributed by atoms with Crippen molar-refractivity contribution >= 4 is 15.9 Å². The number of para-hydroxylation sites is 1. The van der Waals surface area contributed by atoms with Crippen LogP contribution < -0.4 is 10.5 Å². The molecule has 1 aromatic heterocycles. The van der Waals surface area contributed by atoms with Crippen LogP contribution in [0.25, 0.3) is 0 Å². The largest absolute Gasteiger partial charge is 0.484 e. The van der Waals surface area contributed by atoms with E-state index in [9.17, 15) is 4.39 Å². The first-order valence-electron chi connectivity index (χ1n) is 6.89. The van der Waals surface area contributed by atoms with E-state index in [2.05, 4.69) is 21.0 Å². The third kappa shape index (κ3) is 3.44. The van der Waals surface area contributed by atoms with Crippen LogP contribution in [-0.4, -0.2) is 16.3 Å². The summed E-state index contributed by atoms with van der Waals surface area (Å²) in [5.41, 5.74) is 8.19. The molecule has 0 aliphatic heterocycles. The van der Waals surface area contributed by atoms with Crippen LogP contribution in [-0.2, 0) is 26.5 Å². The van der Waals surface area contributed by atoms with Gasteiger partial charge in [-0.05, 0) is 46.9 Å². The lowest BCUT2D eigenvalue weighted by Crippen LogP contribution is -2.08. The second-order valence-corrected chi connectivity index (χ2v) is 5.53. The van der Waals surface area contributed by atoms with Crippen LogP contribution in [0.15, 0.2) is 22.7 Å². The Morgan fingerprint density at radius 2 is 2.19 bits per heavy atom. The van der Waals surface area contributed by atoms with Crippen molar-refractivity contribution in [2.24, 2.45) is 12.8 Å². The number of nitrogens with two attached hydrogens (primary N) is 1. The molecule has 0 unspecified atom stereocenters. The summed E-state index contributed by atoms with van der Waals surface area (Å²) in [6.45, 7) is 2.74. The summed E-state index contributed by atoms with van der Waals surface area (Å²) in [4.78, 5) is 0. The minimum atomic E-state index is -0.366. The van der Waals surface area contributed by atoms with Gasteiger partial charge < -0.3 is 10.5 Å². The molecule has 2 rings (SSSR count). The highest BCUT2D eigenvalue weighted by molar-refractivity contribution is 9.10. The molecule has 0 radical (unpaired) electrons. The molecule has 0 aliphatic carbocycles. The Labute approximate surface area is 132 Å². The van der Waals surface area contributed by atoms with E-state index in [1.807, 2.05) is 20.0 Å². The molecule has 0 fully saturated rings. The minimum absolute atomic E-state index is 0.253. The van der Waals surface area contributed by atoms with Gasteiger partial charge in [-0.1, -0.05) is 19.1 Å².